The van der Waals surface area contributed by atoms with Crippen LogP contribution in [0.3, 0.4) is 0 Å². The van der Waals surface area contributed by atoms with Crippen molar-refractivity contribution in [3.63, 3.8) is 0 Å². The van der Waals surface area contributed by atoms with Gasteiger partial charge in [0.25, 0.3) is 0 Å². The van der Waals surface area contributed by atoms with E-state index in [2.05, 4.69) is 266 Å². The highest BCUT2D eigenvalue weighted by Gasteiger charge is 2.49. The third-order valence-electron chi connectivity index (χ3n) is 15.5. The minimum atomic E-state index is -0.203. The minimum Gasteiger partial charge on any atom is -0.376 e. The quantitative estimate of drug-likeness (QED) is 0.159. The number of nitrogens with zero attached hydrogens (tertiary/aromatic N) is 2. The zero-order valence-corrected chi connectivity index (χ0v) is 41.4. The molecule has 3 heteroatoms. The number of benzene rings is 9. The van der Waals surface area contributed by atoms with Crippen LogP contribution in [0.4, 0.5) is 28.4 Å². The van der Waals surface area contributed by atoms with Gasteiger partial charge in [-0.05, 0) is 138 Å². The summed E-state index contributed by atoms with van der Waals surface area (Å²) in [5.74, 6) is 0. The Hall–Kier alpha value is -7.36. The van der Waals surface area contributed by atoms with Crippen LogP contribution in [0.15, 0.2) is 194 Å². The van der Waals surface area contributed by atoms with Gasteiger partial charge >= 0.3 is 6.85 Å². The molecule has 0 bridgehead atoms. The maximum atomic E-state index is 2.70. The van der Waals surface area contributed by atoms with Crippen LogP contribution in [0.1, 0.15) is 83.2 Å². The van der Waals surface area contributed by atoms with Crippen molar-refractivity contribution in [3.05, 3.63) is 222 Å². The Morgan fingerprint density at radius 3 is 1.74 bits per heavy atom. The van der Waals surface area contributed by atoms with E-state index in [0.717, 1.165) is 0 Å². The van der Waals surface area contributed by atoms with E-state index in [1.807, 2.05) is 0 Å². The van der Waals surface area contributed by atoms with Crippen molar-refractivity contribution in [3.8, 4) is 55.6 Å². The van der Waals surface area contributed by atoms with Gasteiger partial charge in [0.05, 0.1) is 11.4 Å². The lowest BCUT2D eigenvalue weighted by Gasteiger charge is -2.47. The molecule has 0 spiro atoms. The number of hydrogen-bond acceptors (Lipinski definition) is 2. The third-order valence-corrected chi connectivity index (χ3v) is 15.5. The SMILES string of the molecule is Cc1ccccc1-c1cc2c3c(c1)N(c1ccc(C(C)(C)C)cc1-c1ccccc1)c1c(ccc4c1-c1ccccc1C4(C)C)B3N(c1ccc(C(C)(C)C)cc1)c1cc(-c3ccccc3)ccc1-2. The summed E-state index contributed by atoms with van der Waals surface area (Å²) in [4.78, 5) is 5.38. The van der Waals surface area contributed by atoms with Gasteiger partial charge in [0.2, 0.25) is 0 Å². The number of anilines is 5. The highest BCUT2D eigenvalue weighted by Crippen LogP contribution is 2.57. The summed E-state index contributed by atoms with van der Waals surface area (Å²) in [5.41, 5.74) is 27.5. The van der Waals surface area contributed by atoms with Crippen molar-refractivity contribution in [2.45, 2.75) is 78.6 Å². The van der Waals surface area contributed by atoms with Gasteiger partial charge in [0.1, 0.15) is 0 Å². The standard InChI is InChI=1S/C66H59BN2/c1-42-20-16-17-25-50(42)46-38-54-51-34-28-45(43-21-12-10-13-22-43)39-59(51)69(49-32-29-47(30-33-49)64(2,3)4)67-57-36-35-56-61(52-26-18-19-27-55(52)66(56,8)9)63(57)68(60(40-46)62(54)67)58-37-31-48(65(5,6)7)41-53(58)44-23-14-11-15-24-44/h10-41H,1-9H3. The van der Waals surface area contributed by atoms with E-state index in [-0.39, 0.29) is 23.1 Å². The van der Waals surface area contributed by atoms with E-state index in [0.29, 0.717) is 0 Å². The number of fused-ring (bicyclic) bond motifs is 8. The van der Waals surface area contributed by atoms with Crippen molar-refractivity contribution in [2.75, 3.05) is 9.71 Å². The van der Waals surface area contributed by atoms with Gasteiger partial charge in [0.15, 0.2) is 0 Å². The second kappa shape index (κ2) is 15.6. The Bertz CT molecular complexity index is 3500. The van der Waals surface area contributed by atoms with Crippen molar-refractivity contribution in [2.24, 2.45) is 0 Å². The Morgan fingerprint density at radius 1 is 0.420 bits per heavy atom. The van der Waals surface area contributed by atoms with Gasteiger partial charge in [-0.15, -0.1) is 0 Å². The molecule has 0 aromatic heterocycles. The van der Waals surface area contributed by atoms with Crippen molar-refractivity contribution < 1.29 is 0 Å². The topological polar surface area (TPSA) is 6.48 Å². The summed E-state index contributed by atoms with van der Waals surface area (Å²) < 4.78 is 0. The normalized spacial score (nSPS) is 14.2. The van der Waals surface area contributed by atoms with Crippen molar-refractivity contribution >= 4 is 46.2 Å². The second-order valence-electron chi connectivity index (χ2n) is 22.2. The Morgan fingerprint density at radius 2 is 1.04 bits per heavy atom. The first-order valence-electron chi connectivity index (χ1n) is 24.8. The van der Waals surface area contributed by atoms with Crippen LogP contribution >= 0.6 is 0 Å². The summed E-state index contributed by atoms with van der Waals surface area (Å²) in [6, 6.07) is 74.0. The molecule has 1 aliphatic carbocycles. The molecule has 2 heterocycles. The molecule has 9 aromatic carbocycles. The van der Waals surface area contributed by atoms with Crippen LogP contribution in [0.25, 0.3) is 55.6 Å². The molecule has 12 rings (SSSR count). The van der Waals surface area contributed by atoms with E-state index < -0.39 is 0 Å². The van der Waals surface area contributed by atoms with Gasteiger partial charge in [0, 0.05) is 39.2 Å². The average Bonchev–Trinajstić information content (AvgIpc) is 3.59. The minimum absolute atomic E-state index is 0.0161. The monoisotopic (exact) mass is 890 g/mol. The first kappa shape index (κ1) is 43.0. The van der Waals surface area contributed by atoms with Gasteiger partial charge in [-0.2, -0.15) is 0 Å². The lowest BCUT2D eigenvalue weighted by Crippen LogP contribution is -2.61. The molecule has 0 amide bonds. The summed E-state index contributed by atoms with van der Waals surface area (Å²) in [6.45, 7) is 20.8. The number of hydrogen-bond donors (Lipinski definition) is 0. The largest absolute Gasteiger partial charge is 0.376 e. The third kappa shape index (κ3) is 6.76. The van der Waals surface area contributed by atoms with Gasteiger partial charge in [-0.3, -0.25) is 0 Å². The molecule has 2 aliphatic heterocycles. The zero-order chi connectivity index (χ0) is 47.6. The molecule has 0 saturated heterocycles. The first-order valence-corrected chi connectivity index (χ1v) is 24.8. The maximum Gasteiger partial charge on any atom is 0.333 e. The highest BCUT2D eigenvalue weighted by atomic mass is 15.2. The van der Waals surface area contributed by atoms with Crippen LogP contribution in [-0.2, 0) is 16.2 Å². The number of rotatable bonds is 5. The van der Waals surface area contributed by atoms with Gasteiger partial charge < -0.3 is 9.71 Å². The molecular weight excluding hydrogens is 832 g/mol. The molecule has 3 aliphatic rings. The Labute approximate surface area is 410 Å². The van der Waals surface area contributed by atoms with Crippen molar-refractivity contribution in [1.29, 1.82) is 0 Å². The zero-order valence-electron chi connectivity index (χ0n) is 41.4. The highest BCUT2D eigenvalue weighted by molar-refractivity contribution is 6.93. The molecule has 0 saturated carbocycles. The summed E-state index contributed by atoms with van der Waals surface area (Å²) in [6.07, 6.45) is 0. The van der Waals surface area contributed by atoms with E-state index in [9.17, 15) is 0 Å². The Kier molecular flexibility index (Phi) is 9.71. The number of aryl methyl sites for hydroxylation is 1. The van der Waals surface area contributed by atoms with Crippen LogP contribution in [-0.4, -0.2) is 6.85 Å². The molecule has 0 atom stereocenters. The summed E-state index contributed by atoms with van der Waals surface area (Å²) in [7, 11) is 0. The molecular formula is C66H59BN2. The summed E-state index contributed by atoms with van der Waals surface area (Å²) in [5, 5.41) is 0. The van der Waals surface area contributed by atoms with Gasteiger partial charge in [-0.1, -0.05) is 207 Å². The van der Waals surface area contributed by atoms with Crippen molar-refractivity contribution in [1.82, 2.24) is 0 Å². The predicted molar refractivity (Wildman–Crippen MR) is 296 cm³/mol. The summed E-state index contributed by atoms with van der Waals surface area (Å²) >= 11 is 0. The second-order valence-corrected chi connectivity index (χ2v) is 22.2. The molecule has 0 unspecified atom stereocenters. The van der Waals surface area contributed by atoms with Crippen LogP contribution in [0.5, 0.6) is 0 Å². The van der Waals surface area contributed by atoms with E-state index in [4.69, 9.17) is 0 Å². The molecule has 9 aromatic rings. The maximum absolute atomic E-state index is 2.70. The lowest BCUT2D eigenvalue weighted by atomic mass is 9.43. The fourth-order valence-electron chi connectivity index (χ4n) is 11.8. The fraction of sp³-hybridized carbons (Fsp3) is 0.182. The average molecular weight is 891 g/mol. The molecule has 0 N–H and O–H groups in total. The first-order chi connectivity index (χ1) is 33.2. The van der Waals surface area contributed by atoms with Crippen LogP contribution in [0.2, 0.25) is 0 Å². The van der Waals surface area contributed by atoms with Crippen LogP contribution in [0, 0.1) is 6.92 Å². The van der Waals surface area contributed by atoms with E-state index in [1.54, 1.807) is 0 Å². The Balaban J connectivity index is 1.26. The van der Waals surface area contributed by atoms with E-state index in [1.165, 1.54) is 123 Å². The smallest absolute Gasteiger partial charge is 0.333 e. The molecule has 0 fully saturated rings. The molecule has 0 radical (unpaired) electrons. The molecule has 69 heavy (non-hydrogen) atoms. The lowest BCUT2D eigenvalue weighted by molar-refractivity contribution is 0.590. The van der Waals surface area contributed by atoms with Crippen LogP contribution < -0.4 is 20.6 Å². The molecule has 336 valence electrons. The predicted octanol–water partition coefficient (Wildman–Crippen LogP) is 16.6. The molecule has 2 nitrogen and oxygen atoms in total. The van der Waals surface area contributed by atoms with E-state index >= 15 is 0 Å². The van der Waals surface area contributed by atoms with Gasteiger partial charge in [-0.25, -0.2) is 0 Å². The fourth-order valence-corrected chi connectivity index (χ4v) is 11.8.